The SMILES string of the molecule is CCNC(CCc1ccncc1)C1CCc2cccnc21. The lowest BCUT2D eigenvalue weighted by molar-refractivity contribution is 0.409. The minimum atomic E-state index is 0.513. The Bertz CT molecular complexity index is 568. The molecule has 0 saturated heterocycles. The fourth-order valence-electron chi connectivity index (χ4n) is 3.41. The van der Waals surface area contributed by atoms with Crippen LogP contribution in [0.25, 0.3) is 0 Å². The second-order valence-corrected chi connectivity index (χ2v) is 5.75. The number of aromatic nitrogens is 2. The molecule has 0 saturated carbocycles. The van der Waals surface area contributed by atoms with E-state index < -0.39 is 0 Å². The van der Waals surface area contributed by atoms with Gasteiger partial charge in [0.25, 0.3) is 0 Å². The van der Waals surface area contributed by atoms with Crippen LogP contribution >= 0.6 is 0 Å². The Labute approximate surface area is 126 Å². The first-order valence-electron chi connectivity index (χ1n) is 7.94. The van der Waals surface area contributed by atoms with E-state index in [1.807, 2.05) is 18.6 Å². The summed E-state index contributed by atoms with van der Waals surface area (Å²) in [4.78, 5) is 8.74. The van der Waals surface area contributed by atoms with Gasteiger partial charge in [-0.1, -0.05) is 13.0 Å². The van der Waals surface area contributed by atoms with Crippen molar-refractivity contribution in [3.63, 3.8) is 0 Å². The smallest absolute Gasteiger partial charge is 0.0482 e. The highest BCUT2D eigenvalue weighted by Gasteiger charge is 2.30. The fraction of sp³-hybridized carbons (Fsp3) is 0.444. The van der Waals surface area contributed by atoms with E-state index in [-0.39, 0.29) is 0 Å². The lowest BCUT2D eigenvalue weighted by Crippen LogP contribution is -2.34. The first kappa shape index (κ1) is 14.2. The van der Waals surface area contributed by atoms with Gasteiger partial charge in [0.1, 0.15) is 0 Å². The van der Waals surface area contributed by atoms with Crippen molar-refractivity contribution in [1.82, 2.24) is 15.3 Å². The number of nitrogens with zero attached hydrogens (tertiary/aromatic N) is 2. The highest BCUT2D eigenvalue weighted by molar-refractivity contribution is 5.30. The summed E-state index contributed by atoms with van der Waals surface area (Å²) < 4.78 is 0. The number of aryl methyl sites for hydroxylation is 2. The Balaban J connectivity index is 1.70. The topological polar surface area (TPSA) is 37.8 Å². The van der Waals surface area contributed by atoms with Crippen LogP contribution in [0.3, 0.4) is 0 Å². The van der Waals surface area contributed by atoms with Gasteiger partial charge in [0.2, 0.25) is 0 Å². The molecule has 21 heavy (non-hydrogen) atoms. The van der Waals surface area contributed by atoms with Gasteiger partial charge in [0.05, 0.1) is 0 Å². The van der Waals surface area contributed by atoms with Crippen LogP contribution < -0.4 is 5.32 Å². The molecule has 1 aliphatic carbocycles. The summed E-state index contributed by atoms with van der Waals surface area (Å²) in [5, 5.41) is 3.68. The normalized spacial score (nSPS) is 18.4. The van der Waals surface area contributed by atoms with Gasteiger partial charge >= 0.3 is 0 Å². The summed E-state index contributed by atoms with van der Waals surface area (Å²) >= 11 is 0. The predicted molar refractivity (Wildman–Crippen MR) is 85.3 cm³/mol. The third-order valence-corrected chi connectivity index (χ3v) is 4.45. The Morgan fingerprint density at radius 3 is 2.90 bits per heavy atom. The van der Waals surface area contributed by atoms with Crippen LogP contribution in [0.15, 0.2) is 42.9 Å². The van der Waals surface area contributed by atoms with Crippen molar-refractivity contribution in [3.8, 4) is 0 Å². The minimum absolute atomic E-state index is 0.513. The lowest BCUT2D eigenvalue weighted by atomic mass is 9.91. The monoisotopic (exact) mass is 281 g/mol. The van der Waals surface area contributed by atoms with Crippen LogP contribution in [0, 0.1) is 0 Å². The molecular formula is C18H23N3. The van der Waals surface area contributed by atoms with Crippen LogP contribution in [0.4, 0.5) is 0 Å². The average Bonchev–Trinajstić information content (AvgIpc) is 2.96. The minimum Gasteiger partial charge on any atom is -0.314 e. The molecule has 0 bridgehead atoms. The number of rotatable bonds is 6. The number of nitrogens with one attached hydrogen (secondary N) is 1. The van der Waals surface area contributed by atoms with E-state index in [0.29, 0.717) is 12.0 Å². The van der Waals surface area contributed by atoms with E-state index >= 15 is 0 Å². The molecule has 2 atom stereocenters. The van der Waals surface area contributed by atoms with Crippen LogP contribution in [0.2, 0.25) is 0 Å². The second kappa shape index (κ2) is 6.81. The van der Waals surface area contributed by atoms with E-state index in [1.54, 1.807) is 0 Å². The molecule has 2 heterocycles. The Hall–Kier alpha value is -1.74. The van der Waals surface area contributed by atoms with Crippen LogP contribution in [-0.2, 0) is 12.8 Å². The summed E-state index contributed by atoms with van der Waals surface area (Å²) in [6.45, 7) is 3.20. The summed E-state index contributed by atoms with van der Waals surface area (Å²) in [5.41, 5.74) is 4.12. The van der Waals surface area contributed by atoms with Gasteiger partial charge in [0.15, 0.2) is 0 Å². The molecule has 0 aromatic carbocycles. The van der Waals surface area contributed by atoms with Gasteiger partial charge in [-0.25, -0.2) is 0 Å². The number of likely N-dealkylation sites (N-methyl/N-ethyl adjacent to an activating group) is 1. The van der Waals surface area contributed by atoms with Crippen LogP contribution in [0.1, 0.15) is 42.5 Å². The summed E-state index contributed by atoms with van der Waals surface area (Å²) in [6.07, 6.45) is 10.3. The number of hydrogen-bond donors (Lipinski definition) is 1. The van der Waals surface area contributed by atoms with E-state index in [2.05, 4.69) is 46.5 Å². The van der Waals surface area contributed by atoms with Crippen molar-refractivity contribution >= 4 is 0 Å². The van der Waals surface area contributed by atoms with Crippen molar-refractivity contribution in [3.05, 3.63) is 59.7 Å². The molecule has 3 heteroatoms. The Morgan fingerprint density at radius 1 is 1.24 bits per heavy atom. The van der Waals surface area contributed by atoms with E-state index in [1.165, 1.54) is 29.7 Å². The van der Waals surface area contributed by atoms with Crippen LogP contribution in [-0.4, -0.2) is 22.6 Å². The molecule has 3 nitrogen and oxygen atoms in total. The first-order chi connectivity index (χ1) is 10.4. The molecule has 0 spiro atoms. The standard InChI is InChI=1S/C18H23N3/c1-2-20-17(8-5-14-9-12-19-13-10-14)16-7-6-15-4-3-11-21-18(15)16/h3-4,9-13,16-17,20H,2,5-8H2,1H3. The van der Waals surface area contributed by atoms with Gasteiger partial charge < -0.3 is 5.32 Å². The molecule has 3 rings (SSSR count). The van der Waals surface area contributed by atoms with Crippen LogP contribution in [0.5, 0.6) is 0 Å². The van der Waals surface area contributed by atoms with Gasteiger partial charge in [-0.3, -0.25) is 9.97 Å². The third-order valence-electron chi connectivity index (χ3n) is 4.45. The molecule has 1 N–H and O–H groups in total. The molecule has 0 aliphatic heterocycles. The van der Waals surface area contributed by atoms with E-state index in [9.17, 15) is 0 Å². The molecular weight excluding hydrogens is 258 g/mol. The Kier molecular flexibility index (Phi) is 4.61. The number of pyridine rings is 2. The summed E-state index contributed by atoms with van der Waals surface area (Å²) in [6, 6.07) is 9.03. The highest BCUT2D eigenvalue weighted by Crippen LogP contribution is 2.35. The quantitative estimate of drug-likeness (QED) is 0.884. The van der Waals surface area contributed by atoms with Crippen molar-refractivity contribution in [2.45, 2.75) is 44.6 Å². The molecule has 2 aromatic rings. The lowest BCUT2D eigenvalue weighted by Gasteiger charge is -2.24. The Morgan fingerprint density at radius 2 is 2.10 bits per heavy atom. The zero-order valence-electron chi connectivity index (χ0n) is 12.6. The zero-order chi connectivity index (χ0) is 14.5. The van der Waals surface area contributed by atoms with Crippen molar-refractivity contribution in [2.24, 2.45) is 0 Å². The first-order valence-corrected chi connectivity index (χ1v) is 7.94. The van der Waals surface area contributed by atoms with E-state index in [0.717, 1.165) is 19.4 Å². The fourth-order valence-corrected chi connectivity index (χ4v) is 3.41. The zero-order valence-corrected chi connectivity index (χ0v) is 12.6. The van der Waals surface area contributed by atoms with Crippen molar-refractivity contribution < 1.29 is 0 Å². The average molecular weight is 281 g/mol. The molecule has 0 radical (unpaired) electrons. The highest BCUT2D eigenvalue weighted by atomic mass is 14.9. The van der Waals surface area contributed by atoms with Crippen molar-refractivity contribution in [2.75, 3.05) is 6.54 Å². The van der Waals surface area contributed by atoms with Gasteiger partial charge in [-0.05, 0) is 61.6 Å². The van der Waals surface area contributed by atoms with Gasteiger partial charge in [-0.15, -0.1) is 0 Å². The molecule has 2 unspecified atom stereocenters. The second-order valence-electron chi connectivity index (χ2n) is 5.75. The van der Waals surface area contributed by atoms with Crippen molar-refractivity contribution in [1.29, 1.82) is 0 Å². The molecule has 110 valence electrons. The van der Waals surface area contributed by atoms with Gasteiger partial charge in [-0.2, -0.15) is 0 Å². The molecule has 0 amide bonds. The largest absolute Gasteiger partial charge is 0.314 e. The van der Waals surface area contributed by atoms with Gasteiger partial charge in [0, 0.05) is 36.2 Å². The predicted octanol–water partition coefficient (Wildman–Crippen LogP) is 3.12. The molecule has 2 aromatic heterocycles. The summed E-state index contributed by atoms with van der Waals surface area (Å²) in [5.74, 6) is 0.558. The molecule has 0 fully saturated rings. The number of fused-ring (bicyclic) bond motifs is 1. The maximum Gasteiger partial charge on any atom is 0.0482 e. The third kappa shape index (κ3) is 3.30. The maximum absolute atomic E-state index is 4.65. The summed E-state index contributed by atoms with van der Waals surface area (Å²) in [7, 11) is 0. The van der Waals surface area contributed by atoms with E-state index in [4.69, 9.17) is 0 Å². The molecule has 1 aliphatic rings. The maximum atomic E-state index is 4.65. The number of hydrogen-bond acceptors (Lipinski definition) is 3.